The fraction of sp³-hybridized carbons (Fsp3) is 0.500. The van der Waals surface area contributed by atoms with Gasteiger partial charge in [-0.25, -0.2) is 4.99 Å². The van der Waals surface area contributed by atoms with Crippen LogP contribution in [-0.4, -0.2) is 18.5 Å². The molecule has 0 saturated heterocycles. The maximum absolute atomic E-state index is 5.60. The van der Waals surface area contributed by atoms with Crippen LogP contribution in [0.4, 0.5) is 0 Å². The van der Waals surface area contributed by atoms with Gasteiger partial charge in [-0.3, -0.25) is 0 Å². The second kappa shape index (κ2) is 3.92. The molecule has 1 fully saturated rings. The van der Waals surface area contributed by atoms with Crippen molar-refractivity contribution in [2.45, 2.75) is 26.8 Å². The van der Waals surface area contributed by atoms with Crippen molar-refractivity contribution in [3.05, 3.63) is 31.1 Å². The molecule has 0 aromatic carbocycles. The molecule has 2 nitrogen and oxygen atoms in total. The molecule has 1 heterocycles. The smallest absolute Gasteiger partial charge is 0.192 e. The molecule has 1 aliphatic carbocycles. The number of hydrogen-bond donors (Lipinski definition) is 0. The van der Waals surface area contributed by atoms with Crippen molar-refractivity contribution in [3.63, 3.8) is 0 Å². The molecule has 0 aromatic rings. The Morgan fingerprint density at radius 3 is 2.71 bits per heavy atom. The van der Waals surface area contributed by atoms with Crippen molar-refractivity contribution in [2.75, 3.05) is 6.61 Å². The van der Waals surface area contributed by atoms with E-state index in [1.54, 1.807) is 0 Å². The van der Waals surface area contributed by atoms with Crippen molar-refractivity contribution in [1.82, 2.24) is 0 Å². The van der Waals surface area contributed by atoms with Gasteiger partial charge in [-0.1, -0.05) is 20.8 Å². The minimum absolute atomic E-state index is 0.333. The van der Waals surface area contributed by atoms with Crippen LogP contribution in [0, 0.1) is 37.0 Å². The van der Waals surface area contributed by atoms with Gasteiger partial charge in [0.05, 0.1) is 12.0 Å². The fourth-order valence-corrected chi connectivity index (χ4v) is 1.63. The lowest BCUT2D eigenvalue weighted by molar-refractivity contribution is 0.289. The average molecular weight is 190 g/mol. The van der Waals surface area contributed by atoms with Gasteiger partial charge in [-0.05, 0) is 31.1 Å². The molecule has 1 saturated carbocycles. The van der Waals surface area contributed by atoms with Crippen LogP contribution >= 0.6 is 0 Å². The van der Waals surface area contributed by atoms with E-state index in [-0.39, 0.29) is 0 Å². The van der Waals surface area contributed by atoms with E-state index in [1.807, 2.05) is 6.42 Å². The first-order valence-corrected chi connectivity index (χ1v) is 5.11. The van der Waals surface area contributed by atoms with Crippen molar-refractivity contribution >= 4 is 5.90 Å². The average Bonchev–Trinajstić information content (AvgIpc) is 2.71. The number of ether oxygens (including phenoxy) is 1. The van der Waals surface area contributed by atoms with Crippen LogP contribution in [0.25, 0.3) is 0 Å². The van der Waals surface area contributed by atoms with Crippen LogP contribution in [0.5, 0.6) is 0 Å². The lowest BCUT2D eigenvalue weighted by Crippen LogP contribution is -2.14. The molecular formula is C12H16NO. The summed E-state index contributed by atoms with van der Waals surface area (Å²) in [5.74, 6) is 3.77. The summed E-state index contributed by atoms with van der Waals surface area (Å²) in [6, 6.07) is 0.333. The standard InChI is InChI=1S/C12H16NO/c1-8(2)11-7-14-12(13-11)10-6-4-5-9(10)3/h4-6,8,11H,7H2,1-3H3/t11-/m1/s1. The first-order chi connectivity index (χ1) is 6.68. The zero-order valence-electron chi connectivity index (χ0n) is 8.95. The van der Waals surface area contributed by atoms with E-state index >= 15 is 0 Å². The molecule has 1 atom stereocenters. The predicted octanol–water partition coefficient (Wildman–Crippen LogP) is 2.24. The maximum Gasteiger partial charge on any atom is 0.192 e. The number of hydrogen-bond acceptors (Lipinski definition) is 2. The Morgan fingerprint density at radius 2 is 2.21 bits per heavy atom. The molecule has 75 valence electrons. The van der Waals surface area contributed by atoms with E-state index in [4.69, 9.17) is 4.74 Å². The summed E-state index contributed by atoms with van der Waals surface area (Å²) in [6.45, 7) is 7.18. The van der Waals surface area contributed by atoms with E-state index in [0.29, 0.717) is 12.0 Å². The summed E-state index contributed by atoms with van der Waals surface area (Å²) < 4.78 is 5.60. The van der Waals surface area contributed by atoms with Crippen molar-refractivity contribution < 1.29 is 4.74 Å². The molecule has 0 unspecified atom stereocenters. The first kappa shape index (κ1) is 10.0. The largest absolute Gasteiger partial charge is 0.478 e. The molecule has 14 heavy (non-hydrogen) atoms. The lowest BCUT2D eigenvalue weighted by atomic mass is 9.98. The third-order valence-corrected chi connectivity index (χ3v) is 2.71. The topological polar surface area (TPSA) is 21.6 Å². The molecule has 0 aromatic heterocycles. The zero-order valence-corrected chi connectivity index (χ0v) is 8.95. The lowest BCUT2D eigenvalue weighted by Gasteiger charge is -2.12. The molecule has 0 bridgehead atoms. The van der Waals surface area contributed by atoms with Gasteiger partial charge in [0.25, 0.3) is 0 Å². The molecule has 2 heteroatoms. The van der Waals surface area contributed by atoms with E-state index in [2.05, 4.69) is 38.6 Å². The Labute approximate surface area is 86.8 Å². The second-order valence-electron chi connectivity index (χ2n) is 4.18. The number of rotatable bonds is 2. The van der Waals surface area contributed by atoms with Crippen LogP contribution in [-0.2, 0) is 4.74 Å². The van der Waals surface area contributed by atoms with Crippen molar-refractivity contribution in [1.29, 1.82) is 0 Å². The minimum Gasteiger partial charge on any atom is -0.478 e. The van der Waals surface area contributed by atoms with Crippen LogP contribution in [0.1, 0.15) is 20.8 Å². The first-order valence-electron chi connectivity index (χ1n) is 5.11. The van der Waals surface area contributed by atoms with Gasteiger partial charge in [0.2, 0.25) is 0 Å². The third kappa shape index (κ3) is 1.79. The maximum atomic E-state index is 5.60. The highest BCUT2D eigenvalue weighted by Gasteiger charge is 2.35. The normalized spacial score (nSPS) is 29.7. The van der Waals surface area contributed by atoms with Gasteiger partial charge >= 0.3 is 0 Å². The fourth-order valence-electron chi connectivity index (χ4n) is 1.63. The van der Waals surface area contributed by atoms with Crippen LogP contribution in [0.2, 0.25) is 0 Å². The Kier molecular flexibility index (Phi) is 2.80. The summed E-state index contributed by atoms with van der Waals surface area (Å²) >= 11 is 0. The second-order valence-corrected chi connectivity index (χ2v) is 4.18. The monoisotopic (exact) mass is 190 g/mol. The van der Waals surface area contributed by atoms with Crippen LogP contribution in [0.15, 0.2) is 4.99 Å². The predicted molar refractivity (Wildman–Crippen MR) is 57.1 cm³/mol. The Bertz CT molecular complexity index is 234. The summed E-state index contributed by atoms with van der Waals surface area (Å²) in [4.78, 5) is 4.59. The summed E-state index contributed by atoms with van der Waals surface area (Å²) in [7, 11) is 0. The van der Waals surface area contributed by atoms with Gasteiger partial charge in [0.1, 0.15) is 6.61 Å². The Balaban J connectivity index is 2.02. The van der Waals surface area contributed by atoms with E-state index < -0.39 is 0 Å². The van der Waals surface area contributed by atoms with Gasteiger partial charge < -0.3 is 4.74 Å². The molecular weight excluding hydrogens is 174 g/mol. The van der Waals surface area contributed by atoms with Gasteiger partial charge in [0.15, 0.2) is 5.90 Å². The number of aliphatic imine (C=N–C) groups is 1. The van der Waals surface area contributed by atoms with Crippen molar-refractivity contribution in [3.8, 4) is 0 Å². The highest BCUT2D eigenvalue weighted by Crippen LogP contribution is 2.35. The van der Waals surface area contributed by atoms with E-state index in [1.165, 1.54) is 5.92 Å². The minimum atomic E-state index is 0.333. The zero-order chi connectivity index (χ0) is 10.1. The highest BCUT2D eigenvalue weighted by atomic mass is 16.5. The molecule has 2 rings (SSSR count). The molecule has 0 N–H and O–H groups in total. The highest BCUT2D eigenvalue weighted by molar-refractivity contribution is 5.98. The summed E-state index contributed by atoms with van der Waals surface area (Å²) in [5.41, 5.74) is 0. The number of nitrogens with zero attached hydrogens (tertiary/aromatic N) is 1. The molecule has 1 aliphatic heterocycles. The summed E-state index contributed by atoms with van der Waals surface area (Å²) in [6.07, 6.45) is 6.19. The molecule has 0 amide bonds. The van der Waals surface area contributed by atoms with Gasteiger partial charge in [0, 0.05) is 0 Å². The third-order valence-electron chi connectivity index (χ3n) is 2.71. The quantitative estimate of drug-likeness (QED) is 0.654. The molecule has 0 spiro atoms. The van der Waals surface area contributed by atoms with Gasteiger partial charge in [-0.2, -0.15) is 0 Å². The van der Waals surface area contributed by atoms with E-state index in [0.717, 1.165) is 18.4 Å². The SMILES string of the molecule is C[C]1[CH][CH][CH][C]1C1=N[C@@H](C(C)C)CO1. The van der Waals surface area contributed by atoms with Gasteiger partial charge in [-0.15, -0.1) is 0 Å². The molecule has 2 aliphatic rings. The van der Waals surface area contributed by atoms with Crippen LogP contribution < -0.4 is 0 Å². The molecule has 5 radical (unpaired) electrons. The Hall–Kier alpha value is -0.530. The van der Waals surface area contributed by atoms with Crippen LogP contribution in [0.3, 0.4) is 0 Å². The Morgan fingerprint density at radius 1 is 1.43 bits per heavy atom. The van der Waals surface area contributed by atoms with Crippen molar-refractivity contribution in [2.24, 2.45) is 10.9 Å². The summed E-state index contributed by atoms with van der Waals surface area (Å²) in [5, 5.41) is 0. The van der Waals surface area contributed by atoms with E-state index in [9.17, 15) is 0 Å².